The molecule has 0 amide bonds. The van der Waals surface area contributed by atoms with Crippen molar-refractivity contribution in [2.45, 2.75) is 19.2 Å². The highest BCUT2D eigenvalue weighted by Crippen LogP contribution is 2.23. The topological polar surface area (TPSA) is 51.6 Å². The third kappa shape index (κ3) is 4.27. The van der Waals surface area contributed by atoms with Crippen LogP contribution in [0.3, 0.4) is 0 Å². The van der Waals surface area contributed by atoms with Crippen molar-refractivity contribution in [2.75, 3.05) is 13.6 Å². The lowest BCUT2D eigenvalue weighted by Crippen LogP contribution is -2.30. The van der Waals surface area contributed by atoms with E-state index in [0.29, 0.717) is 13.1 Å². The van der Waals surface area contributed by atoms with Gasteiger partial charge in [-0.3, -0.25) is 4.90 Å². The molecule has 0 aliphatic rings. The van der Waals surface area contributed by atoms with Crippen molar-refractivity contribution >= 4 is 0 Å². The minimum atomic E-state index is -2.82. The van der Waals surface area contributed by atoms with Gasteiger partial charge >= 0.3 is 6.61 Å². The Bertz CT molecular complexity index is 529. The van der Waals surface area contributed by atoms with E-state index in [1.807, 2.05) is 24.1 Å². The quantitative estimate of drug-likeness (QED) is 0.853. The van der Waals surface area contributed by atoms with E-state index in [0.717, 1.165) is 11.3 Å². The van der Waals surface area contributed by atoms with Gasteiger partial charge in [-0.1, -0.05) is 12.1 Å². The molecule has 1 unspecified atom stereocenters. The van der Waals surface area contributed by atoms with E-state index in [1.54, 1.807) is 18.4 Å². The third-order valence-corrected chi connectivity index (χ3v) is 3.23. The number of hydrogen-bond acceptors (Lipinski definition) is 4. The molecule has 0 saturated heterocycles. The van der Waals surface area contributed by atoms with E-state index in [2.05, 4.69) is 4.74 Å². The summed E-state index contributed by atoms with van der Waals surface area (Å²) < 4.78 is 33.9. The van der Waals surface area contributed by atoms with E-state index < -0.39 is 6.61 Å². The van der Waals surface area contributed by atoms with Crippen LogP contribution in [-0.2, 0) is 6.54 Å². The number of ether oxygens (including phenoxy) is 1. The van der Waals surface area contributed by atoms with Crippen LogP contribution < -0.4 is 10.5 Å². The predicted octanol–water partition coefficient (Wildman–Crippen LogP) is 3.01. The van der Waals surface area contributed by atoms with Crippen molar-refractivity contribution in [2.24, 2.45) is 5.73 Å². The second-order valence-electron chi connectivity index (χ2n) is 4.69. The Kier molecular flexibility index (Phi) is 5.30. The fraction of sp³-hybridized carbons (Fsp3) is 0.333. The molecule has 6 heteroatoms. The largest absolute Gasteiger partial charge is 0.468 e. The molecule has 0 saturated carbocycles. The molecular weight excluding hydrogens is 278 g/mol. The van der Waals surface area contributed by atoms with E-state index in [1.165, 1.54) is 12.1 Å². The first kappa shape index (κ1) is 15.5. The van der Waals surface area contributed by atoms with Crippen LogP contribution >= 0.6 is 0 Å². The number of nitrogens with zero attached hydrogens (tertiary/aromatic N) is 1. The summed E-state index contributed by atoms with van der Waals surface area (Å²) in [6.45, 7) is -1.79. The van der Waals surface area contributed by atoms with E-state index in [-0.39, 0.29) is 11.8 Å². The first-order chi connectivity index (χ1) is 10.1. The number of benzene rings is 1. The molecule has 0 fully saturated rings. The van der Waals surface area contributed by atoms with Gasteiger partial charge in [0.15, 0.2) is 0 Å². The van der Waals surface area contributed by atoms with Gasteiger partial charge in [0, 0.05) is 12.6 Å². The molecule has 114 valence electrons. The van der Waals surface area contributed by atoms with Gasteiger partial charge in [-0.15, -0.1) is 0 Å². The third-order valence-electron chi connectivity index (χ3n) is 3.23. The maximum atomic E-state index is 12.1. The minimum Gasteiger partial charge on any atom is -0.468 e. The zero-order valence-corrected chi connectivity index (χ0v) is 11.7. The molecule has 2 N–H and O–H groups in total. The average Bonchev–Trinajstić information content (AvgIpc) is 2.93. The summed E-state index contributed by atoms with van der Waals surface area (Å²) in [7, 11) is 1.93. The maximum absolute atomic E-state index is 12.1. The number of halogens is 2. The molecule has 1 heterocycles. The maximum Gasteiger partial charge on any atom is 0.387 e. The minimum absolute atomic E-state index is 0.0318. The first-order valence-electron chi connectivity index (χ1n) is 6.57. The van der Waals surface area contributed by atoms with Gasteiger partial charge in [0.2, 0.25) is 0 Å². The van der Waals surface area contributed by atoms with Crippen LogP contribution in [0.1, 0.15) is 17.4 Å². The molecular formula is C15H18F2N2O2. The molecule has 0 spiro atoms. The highest BCUT2D eigenvalue weighted by atomic mass is 19.3. The number of likely N-dealkylation sites (N-methyl/N-ethyl adjacent to an activating group) is 1. The highest BCUT2D eigenvalue weighted by Gasteiger charge is 2.17. The van der Waals surface area contributed by atoms with Crippen molar-refractivity contribution in [3.05, 3.63) is 54.0 Å². The van der Waals surface area contributed by atoms with Crippen LogP contribution in [0.15, 0.2) is 47.1 Å². The van der Waals surface area contributed by atoms with E-state index in [4.69, 9.17) is 10.2 Å². The van der Waals surface area contributed by atoms with Gasteiger partial charge in [0.1, 0.15) is 11.5 Å². The van der Waals surface area contributed by atoms with Crippen LogP contribution in [0, 0.1) is 0 Å². The van der Waals surface area contributed by atoms with Crippen LogP contribution in [-0.4, -0.2) is 25.1 Å². The van der Waals surface area contributed by atoms with Gasteiger partial charge in [-0.2, -0.15) is 8.78 Å². The lowest BCUT2D eigenvalue weighted by molar-refractivity contribution is -0.0498. The fourth-order valence-corrected chi connectivity index (χ4v) is 2.20. The average molecular weight is 296 g/mol. The van der Waals surface area contributed by atoms with Gasteiger partial charge in [0.25, 0.3) is 0 Å². The Morgan fingerprint density at radius 1 is 1.24 bits per heavy atom. The summed E-state index contributed by atoms with van der Waals surface area (Å²) in [4.78, 5) is 2.04. The standard InChI is InChI=1S/C15H18F2N2O2/c1-19(10-13-3-2-8-20-13)14(9-18)11-4-6-12(7-5-11)21-15(16)17/h2-8,14-15H,9-10,18H2,1H3. The summed E-state index contributed by atoms with van der Waals surface area (Å²) in [5, 5.41) is 0. The molecule has 0 radical (unpaired) electrons. The number of nitrogens with two attached hydrogens (primary N) is 1. The zero-order valence-electron chi connectivity index (χ0n) is 11.7. The lowest BCUT2D eigenvalue weighted by atomic mass is 10.1. The molecule has 1 aromatic carbocycles. The monoisotopic (exact) mass is 296 g/mol. The Balaban J connectivity index is 2.05. The SMILES string of the molecule is CN(Cc1ccco1)C(CN)c1ccc(OC(F)F)cc1. The molecule has 2 aromatic rings. The van der Waals surface area contributed by atoms with Crippen LogP contribution in [0.2, 0.25) is 0 Å². The van der Waals surface area contributed by atoms with Gasteiger partial charge in [0.05, 0.1) is 12.8 Å². The zero-order chi connectivity index (χ0) is 15.2. The summed E-state index contributed by atoms with van der Waals surface area (Å²) in [5.41, 5.74) is 6.77. The summed E-state index contributed by atoms with van der Waals surface area (Å²) in [6, 6.07) is 10.2. The van der Waals surface area contributed by atoms with Gasteiger partial charge in [-0.25, -0.2) is 0 Å². The number of hydrogen-bond donors (Lipinski definition) is 1. The van der Waals surface area contributed by atoms with E-state index in [9.17, 15) is 8.78 Å². The van der Waals surface area contributed by atoms with Gasteiger partial charge < -0.3 is 14.9 Å². The molecule has 0 bridgehead atoms. The van der Waals surface area contributed by atoms with Crippen LogP contribution in [0.25, 0.3) is 0 Å². The van der Waals surface area contributed by atoms with Crippen molar-refractivity contribution < 1.29 is 17.9 Å². The number of alkyl halides is 2. The predicted molar refractivity (Wildman–Crippen MR) is 75.0 cm³/mol. The lowest BCUT2D eigenvalue weighted by Gasteiger charge is -2.26. The first-order valence-corrected chi connectivity index (χ1v) is 6.57. The van der Waals surface area contributed by atoms with Crippen LogP contribution in [0.4, 0.5) is 8.78 Å². The molecule has 2 rings (SSSR count). The molecule has 1 atom stereocenters. The van der Waals surface area contributed by atoms with E-state index >= 15 is 0 Å². The Hall–Kier alpha value is -1.92. The summed E-state index contributed by atoms with van der Waals surface area (Å²) >= 11 is 0. The van der Waals surface area contributed by atoms with Crippen LogP contribution in [0.5, 0.6) is 5.75 Å². The Morgan fingerprint density at radius 3 is 2.48 bits per heavy atom. The molecule has 0 aliphatic heterocycles. The molecule has 1 aromatic heterocycles. The normalized spacial score (nSPS) is 12.9. The van der Waals surface area contributed by atoms with Crippen molar-refractivity contribution in [3.8, 4) is 5.75 Å². The highest BCUT2D eigenvalue weighted by molar-refractivity contribution is 5.29. The Labute approximate surface area is 122 Å². The Morgan fingerprint density at radius 2 is 1.95 bits per heavy atom. The van der Waals surface area contributed by atoms with Crippen molar-refractivity contribution in [1.82, 2.24) is 4.90 Å². The molecule has 21 heavy (non-hydrogen) atoms. The number of rotatable bonds is 7. The summed E-state index contributed by atoms with van der Waals surface area (Å²) in [6.07, 6.45) is 1.62. The molecule has 4 nitrogen and oxygen atoms in total. The van der Waals surface area contributed by atoms with Crippen molar-refractivity contribution in [1.29, 1.82) is 0 Å². The summed E-state index contributed by atoms with van der Waals surface area (Å²) in [5.74, 6) is 0.979. The smallest absolute Gasteiger partial charge is 0.387 e. The molecule has 0 aliphatic carbocycles. The van der Waals surface area contributed by atoms with Crippen molar-refractivity contribution in [3.63, 3.8) is 0 Å². The van der Waals surface area contributed by atoms with Gasteiger partial charge in [-0.05, 0) is 36.9 Å². The number of furan rings is 1. The second-order valence-corrected chi connectivity index (χ2v) is 4.69. The second kappa shape index (κ2) is 7.19. The fourth-order valence-electron chi connectivity index (χ4n) is 2.20.